The molecule has 34 heavy (non-hydrogen) atoms. The zero-order valence-electron chi connectivity index (χ0n) is 20.3. The van der Waals surface area contributed by atoms with Gasteiger partial charge in [0.05, 0.1) is 32.6 Å². The van der Waals surface area contributed by atoms with E-state index in [9.17, 15) is 4.79 Å². The molecule has 1 aromatic carbocycles. The Balaban J connectivity index is 1.38. The van der Waals surface area contributed by atoms with Crippen molar-refractivity contribution in [3.8, 4) is 5.75 Å². The Bertz CT molecular complexity index is 999. The molecule has 2 fully saturated rings. The molecule has 1 aliphatic carbocycles. The van der Waals surface area contributed by atoms with Crippen LogP contribution in [0.3, 0.4) is 0 Å². The van der Waals surface area contributed by atoms with Gasteiger partial charge in [0.15, 0.2) is 0 Å². The fourth-order valence-corrected chi connectivity index (χ4v) is 5.58. The molecule has 1 aromatic heterocycles. The molecule has 0 spiro atoms. The second-order valence-electron chi connectivity index (χ2n) is 9.73. The maximum absolute atomic E-state index is 13.1. The van der Waals surface area contributed by atoms with Gasteiger partial charge in [0.25, 0.3) is 0 Å². The predicted molar refractivity (Wildman–Crippen MR) is 131 cm³/mol. The van der Waals surface area contributed by atoms with Crippen molar-refractivity contribution in [2.75, 3.05) is 44.9 Å². The second kappa shape index (κ2) is 10.7. The van der Waals surface area contributed by atoms with Crippen LogP contribution in [-0.2, 0) is 28.9 Å². The smallest absolute Gasteiger partial charge is 0.222 e. The van der Waals surface area contributed by atoms with Crippen molar-refractivity contribution < 1.29 is 14.3 Å². The van der Waals surface area contributed by atoms with Crippen LogP contribution in [0.25, 0.3) is 0 Å². The number of carbonyl (C=O) groups is 1. The molecule has 1 saturated carbocycles. The molecule has 0 bridgehead atoms. The van der Waals surface area contributed by atoms with E-state index in [4.69, 9.17) is 19.4 Å². The van der Waals surface area contributed by atoms with E-state index < -0.39 is 0 Å². The lowest BCUT2D eigenvalue weighted by molar-refractivity contribution is -0.132. The first kappa shape index (κ1) is 23.1. The number of methoxy groups -OCH3 is 1. The number of anilines is 1. The predicted octanol–water partition coefficient (Wildman–Crippen LogP) is 3.77. The molecule has 1 amide bonds. The molecule has 0 radical (unpaired) electrons. The Morgan fingerprint density at radius 1 is 1.12 bits per heavy atom. The summed E-state index contributed by atoms with van der Waals surface area (Å²) in [5.41, 5.74) is 3.28. The van der Waals surface area contributed by atoms with E-state index in [2.05, 4.69) is 11.0 Å². The van der Waals surface area contributed by atoms with Crippen LogP contribution in [0.5, 0.6) is 5.75 Å². The van der Waals surface area contributed by atoms with E-state index in [1.54, 1.807) is 7.11 Å². The number of benzene rings is 1. The first-order valence-corrected chi connectivity index (χ1v) is 12.8. The molecule has 3 heterocycles. The van der Waals surface area contributed by atoms with Crippen LogP contribution in [0.15, 0.2) is 24.3 Å². The minimum atomic E-state index is 0.281. The first-order valence-electron chi connectivity index (χ1n) is 12.8. The summed E-state index contributed by atoms with van der Waals surface area (Å²) >= 11 is 0. The van der Waals surface area contributed by atoms with Gasteiger partial charge in [0, 0.05) is 50.0 Å². The Kier molecular flexibility index (Phi) is 7.28. The van der Waals surface area contributed by atoms with Gasteiger partial charge in [-0.15, -0.1) is 0 Å². The summed E-state index contributed by atoms with van der Waals surface area (Å²) in [6, 6.07) is 8.05. The van der Waals surface area contributed by atoms with Gasteiger partial charge in [-0.1, -0.05) is 43.9 Å². The molecule has 3 aliphatic rings. The van der Waals surface area contributed by atoms with Gasteiger partial charge in [-0.3, -0.25) is 4.79 Å². The van der Waals surface area contributed by atoms with Crippen molar-refractivity contribution in [3.05, 3.63) is 46.9 Å². The number of nitrogens with zero attached hydrogens (tertiary/aromatic N) is 4. The molecule has 0 unspecified atom stereocenters. The number of hydrogen-bond donors (Lipinski definition) is 0. The highest BCUT2D eigenvalue weighted by Gasteiger charge is 2.29. The average molecular weight is 465 g/mol. The number of carbonyl (C=O) groups excluding carboxylic acids is 1. The third-order valence-electron chi connectivity index (χ3n) is 7.53. The van der Waals surface area contributed by atoms with Gasteiger partial charge in [-0.25, -0.2) is 9.97 Å². The molecule has 2 aromatic rings. The van der Waals surface area contributed by atoms with Crippen LogP contribution in [0.4, 0.5) is 5.82 Å². The second-order valence-corrected chi connectivity index (χ2v) is 9.73. The van der Waals surface area contributed by atoms with Gasteiger partial charge in [-0.2, -0.15) is 0 Å². The molecule has 5 rings (SSSR count). The van der Waals surface area contributed by atoms with E-state index in [0.717, 1.165) is 72.6 Å². The highest BCUT2D eigenvalue weighted by atomic mass is 16.5. The van der Waals surface area contributed by atoms with Crippen LogP contribution in [0.1, 0.15) is 61.2 Å². The summed E-state index contributed by atoms with van der Waals surface area (Å²) in [6.07, 6.45) is 8.34. The highest BCUT2D eigenvalue weighted by Crippen LogP contribution is 2.31. The van der Waals surface area contributed by atoms with E-state index in [1.165, 1.54) is 25.7 Å². The van der Waals surface area contributed by atoms with Gasteiger partial charge >= 0.3 is 0 Å². The number of ether oxygens (including phenoxy) is 2. The molecule has 2 aliphatic heterocycles. The fourth-order valence-electron chi connectivity index (χ4n) is 5.58. The van der Waals surface area contributed by atoms with E-state index in [1.807, 2.05) is 23.1 Å². The van der Waals surface area contributed by atoms with Crippen LogP contribution in [-0.4, -0.2) is 60.7 Å². The molecule has 0 atom stereocenters. The van der Waals surface area contributed by atoms with E-state index in [-0.39, 0.29) is 5.91 Å². The molecular formula is C27H36N4O3. The lowest BCUT2D eigenvalue weighted by atomic mass is 10.00. The lowest BCUT2D eigenvalue weighted by Gasteiger charge is -2.34. The molecule has 7 nitrogen and oxygen atoms in total. The van der Waals surface area contributed by atoms with E-state index in [0.29, 0.717) is 32.6 Å². The van der Waals surface area contributed by atoms with Gasteiger partial charge in [0.1, 0.15) is 17.4 Å². The van der Waals surface area contributed by atoms with Crippen LogP contribution < -0.4 is 9.64 Å². The number of amides is 1. The lowest BCUT2D eigenvalue weighted by Crippen LogP contribution is -2.41. The maximum Gasteiger partial charge on any atom is 0.222 e. The average Bonchev–Trinajstić information content (AvgIpc) is 3.41. The van der Waals surface area contributed by atoms with Crippen molar-refractivity contribution in [1.82, 2.24) is 14.9 Å². The van der Waals surface area contributed by atoms with Crippen molar-refractivity contribution in [2.24, 2.45) is 5.92 Å². The van der Waals surface area contributed by atoms with E-state index >= 15 is 0 Å². The summed E-state index contributed by atoms with van der Waals surface area (Å²) in [5, 5.41) is 0. The van der Waals surface area contributed by atoms with Crippen molar-refractivity contribution in [3.63, 3.8) is 0 Å². The van der Waals surface area contributed by atoms with Gasteiger partial charge in [0.2, 0.25) is 5.91 Å². The van der Waals surface area contributed by atoms with Crippen LogP contribution >= 0.6 is 0 Å². The third kappa shape index (κ3) is 5.19. The molecule has 7 heteroatoms. The summed E-state index contributed by atoms with van der Waals surface area (Å²) < 4.78 is 11.1. The minimum Gasteiger partial charge on any atom is -0.496 e. The summed E-state index contributed by atoms with van der Waals surface area (Å²) in [7, 11) is 1.70. The largest absolute Gasteiger partial charge is 0.496 e. The maximum atomic E-state index is 13.1. The summed E-state index contributed by atoms with van der Waals surface area (Å²) in [4.78, 5) is 27.4. The Labute approximate surface area is 202 Å². The van der Waals surface area contributed by atoms with Gasteiger partial charge < -0.3 is 19.3 Å². The van der Waals surface area contributed by atoms with Gasteiger partial charge in [-0.05, 0) is 18.4 Å². The van der Waals surface area contributed by atoms with Crippen molar-refractivity contribution in [2.45, 2.75) is 57.9 Å². The normalized spacial score (nSPS) is 18.7. The monoisotopic (exact) mass is 464 g/mol. The zero-order chi connectivity index (χ0) is 23.3. The summed E-state index contributed by atoms with van der Waals surface area (Å²) in [6.45, 7) is 4.38. The Morgan fingerprint density at radius 3 is 2.71 bits per heavy atom. The number of morpholine rings is 1. The number of hydrogen-bond acceptors (Lipinski definition) is 6. The molecule has 182 valence electrons. The zero-order valence-corrected chi connectivity index (χ0v) is 20.3. The van der Waals surface area contributed by atoms with Crippen molar-refractivity contribution >= 4 is 11.7 Å². The first-order chi connectivity index (χ1) is 16.7. The number of rotatable bonds is 7. The highest BCUT2D eigenvalue weighted by molar-refractivity contribution is 5.76. The standard InChI is InChI=1S/C27H36N4O3/c1-33-24-9-5-4-8-21(24)18-25-28-23-12-13-31(26(32)11-10-20-6-2-3-7-20)19-22(23)27(29-25)30-14-16-34-17-15-30/h4-5,8-9,20H,2-3,6-7,10-19H2,1H3. The Hall–Kier alpha value is -2.67. The number of para-hydroxylation sites is 1. The molecular weight excluding hydrogens is 428 g/mol. The quantitative estimate of drug-likeness (QED) is 0.622. The SMILES string of the molecule is COc1ccccc1Cc1nc2c(c(N3CCOCC3)n1)CN(C(=O)CCC1CCCC1)CC2. The number of fused-ring (bicyclic) bond motifs is 1. The molecule has 0 N–H and O–H groups in total. The van der Waals surface area contributed by atoms with Crippen LogP contribution in [0.2, 0.25) is 0 Å². The summed E-state index contributed by atoms with van der Waals surface area (Å²) in [5.74, 6) is 3.67. The topological polar surface area (TPSA) is 67.8 Å². The number of aromatic nitrogens is 2. The molecule has 1 saturated heterocycles. The fraction of sp³-hybridized carbons (Fsp3) is 0.593. The van der Waals surface area contributed by atoms with Crippen molar-refractivity contribution in [1.29, 1.82) is 0 Å². The Morgan fingerprint density at radius 2 is 1.91 bits per heavy atom. The van der Waals surface area contributed by atoms with Crippen LogP contribution in [0, 0.1) is 5.92 Å². The third-order valence-corrected chi connectivity index (χ3v) is 7.53. The minimum absolute atomic E-state index is 0.281.